The highest BCUT2D eigenvalue weighted by molar-refractivity contribution is 5.88. The molecule has 4 N–H and O–H groups in total. The Morgan fingerprint density at radius 2 is 1.67 bits per heavy atom. The summed E-state index contributed by atoms with van der Waals surface area (Å²) in [4.78, 5) is 13.6. The van der Waals surface area contributed by atoms with Crippen molar-refractivity contribution < 1.29 is 43.8 Å². The van der Waals surface area contributed by atoms with E-state index in [1.165, 1.54) is 19.2 Å². The van der Waals surface area contributed by atoms with Gasteiger partial charge in [0.15, 0.2) is 41.0 Å². The molecule has 0 fully saturated rings. The topological polar surface area (TPSA) is 148 Å². The number of aliphatic hydroxyl groups is 1. The number of methoxy groups -OCH3 is 1. The summed E-state index contributed by atoms with van der Waals surface area (Å²) < 4.78 is 29.6. The van der Waals surface area contributed by atoms with Crippen molar-refractivity contribution in [3.63, 3.8) is 0 Å². The van der Waals surface area contributed by atoms with Gasteiger partial charge in [0.05, 0.1) is 13.7 Å². The molecular weight excluding hydrogens is 544 g/mol. The molecule has 1 aliphatic rings. The van der Waals surface area contributed by atoms with Crippen molar-refractivity contribution in [2.75, 3.05) is 13.7 Å². The van der Waals surface area contributed by atoms with Gasteiger partial charge in [-0.2, -0.15) is 0 Å². The van der Waals surface area contributed by atoms with E-state index < -0.39 is 23.4 Å². The van der Waals surface area contributed by atoms with Crippen LogP contribution in [0.2, 0.25) is 0 Å². The van der Waals surface area contributed by atoms with Crippen LogP contribution >= 0.6 is 0 Å². The highest BCUT2D eigenvalue weighted by Gasteiger charge is 2.34. The second-order valence-corrected chi connectivity index (χ2v) is 9.67. The van der Waals surface area contributed by atoms with Gasteiger partial charge in [-0.3, -0.25) is 4.79 Å². The number of aromatic hydroxyl groups is 3. The van der Waals surface area contributed by atoms with E-state index in [4.69, 9.17) is 23.4 Å². The molecule has 0 aliphatic carbocycles. The van der Waals surface area contributed by atoms with Gasteiger partial charge in [-0.05, 0) is 35.9 Å². The fraction of sp³-hybridized carbons (Fsp3) is 0.156. The Morgan fingerprint density at radius 3 is 2.43 bits per heavy atom. The van der Waals surface area contributed by atoms with E-state index in [2.05, 4.69) is 0 Å². The average molecular weight is 571 g/mol. The molecule has 5 aromatic rings. The van der Waals surface area contributed by atoms with E-state index in [0.29, 0.717) is 22.6 Å². The third kappa shape index (κ3) is 4.88. The first-order valence-electron chi connectivity index (χ1n) is 13.0. The smallest absolute Gasteiger partial charge is 0.239 e. The van der Waals surface area contributed by atoms with Crippen molar-refractivity contribution in [1.29, 1.82) is 0 Å². The zero-order valence-electron chi connectivity index (χ0n) is 22.3. The molecule has 0 spiro atoms. The quantitative estimate of drug-likeness (QED) is 0.210. The van der Waals surface area contributed by atoms with E-state index in [9.17, 15) is 25.2 Å². The molecule has 0 radical (unpaired) electrons. The van der Waals surface area contributed by atoms with Crippen LogP contribution in [-0.2, 0) is 6.61 Å². The van der Waals surface area contributed by atoms with Crippen molar-refractivity contribution in [3.05, 3.63) is 100 Å². The summed E-state index contributed by atoms with van der Waals surface area (Å²) in [5.74, 6) is 0.0131. The van der Waals surface area contributed by atoms with Gasteiger partial charge < -0.3 is 43.8 Å². The van der Waals surface area contributed by atoms with Crippen LogP contribution in [0.3, 0.4) is 0 Å². The number of hydrogen-bond acceptors (Lipinski definition) is 10. The summed E-state index contributed by atoms with van der Waals surface area (Å²) in [6, 6.07) is 21.1. The van der Waals surface area contributed by atoms with Crippen LogP contribution < -0.4 is 24.4 Å². The molecule has 0 saturated carbocycles. The first-order valence-corrected chi connectivity index (χ1v) is 13.0. The zero-order valence-corrected chi connectivity index (χ0v) is 22.3. The number of ether oxygens (including phenoxy) is 4. The maximum Gasteiger partial charge on any atom is 0.239 e. The van der Waals surface area contributed by atoms with Gasteiger partial charge in [-0.15, -0.1) is 0 Å². The minimum absolute atomic E-state index is 0.0381. The van der Waals surface area contributed by atoms with Crippen LogP contribution in [0.4, 0.5) is 0 Å². The van der Waals surface area contributed by atoms with Crippen LogP contribution in [0.1, 0.15) is 17.2 Å². The summed E-state index contributed by atoms with van der Waals surface area (Å²) in [5, 5.41) is 40.4. The number of phenols is 3. The molecule has 1 aliphatic heterocycles. The maximum absolute atomic E-state index is 13.6. The molecule has 0 amide bonds. The second kappa shape index (κ2) is 10.9. The molecule has 4 aromatic carbocycles. The maximum atomic E-state index is 13.6. The molecule has 42 heavy (non-hydrogen) atoms. The summed E-state index contributed by atoms with van der Waals surface area (Å²) in [6.45, 7) is -0.296. The van der Waals surface area contributed by atoms with Gasteiger partial charge in [-0.1, -0.05) is 36.4 Å². The molecular formula is C32H26O10. The van der Waals surface area contributed by atoms with E-state index in [1.807, 2.05) is 30.3 Å². The summed E-state index contributed by atoms with van der Waals surface area (Å²) in [5.41, 5.74) is 1.14. The number of hydrogen-bond donors (Lipinski definition) is 4. The fourth-order valence-corrected chi connectivity index (χ4v) is 4.88. The van der Waals surface area contributed by atoms with E-state index >= 15 is 0 Å². The van der Waals surface area contributed by atoms with Gasteiger partial charge in [0, 0.05) is 23.3 Å². The minimum atomic E-state index is -0.765. The van der Waals surface area contributed by atoms with E-state index in [-0.39, 0.29) is 52.9 Å². The van der Waals surface area contributed by atoms with Crippen molar-refractivity contribution in [1.82, 2.24) is 0 Å². The molecule has 1 aromatic heterocycles. The standard InChI is InChI=1S/C32H26O10/c1-38-24-11-18(7-9-21(24)35)30-27(15-33)40-23-10-8-19(12-25(23)41-30)31-32(39-16-17-5-3-2-4-6-17)29(37)28-22(36)13-20(34)14-26(28)42-31/h2-14,27,30,33-36H,15-16H2,1H3. The average Bonchev–Trinajstić information content (AvgIpc) is 3.00. The molecule has 2 heterocycles. The third-order valence-electron chi connectivity index (χ3n) is 6.93. The lowest BCUT2D eigenvalue weighted by Crippen LogP contribution is -2.36. The van der Waals surface area contributed by atoms with Crippen LogP contribution in [0.5, 0.6) is 40.2 Å². The molecule has 2 unspecified atom stereocenters. The Kier molecular flexibility index (Phi) is 6.97. The van der Waals surface area contributed by atoms with Crippen LogP contribution in [0.15, 0.2) is 88.1 Å². The van der Waals surface area contributed by atoms with Crippen LogP contribution in [-0.4, -0.2) is 40.2 Å². The molecule has 2 atom stereocenters. The lowest BCUT2D eigenvalue weighted by molar-refractivity contribution is -0.0123. The van der Waals surface area contributed by atoms with Gasteiger partial charge in [0.2, 0.25) is 11.2 Å². The van der Waals surface area contributed by atoms with Gasteiger partial charge in [0.25, 0.3) is 0 Å². The molecule has 6 rings (SSSR count). The Morgan fingerprint density at radius 1 is 0.857 bits per heavy atom. The van der Waals surface area contributed by atoms with Crippen molar-refractivity contribution >= 4 is 11.0 Å². The fourth-order valence-electron chi connectivity index (χ4n) is 4.88. The predicted molar refractivity (Wildman–Crippen MR) is 152 cm³/mol. The van der Waals surface area contributed by atoms with Crippen molar-refractivity contribution in [3.8, 4) is 51.6 Å². The Bertz CT molecular complexity index is 1830. The number of rotatable bonds is 7. The summed E-state index contributed by atoms with van der Waals surface area (Å²) in [6.07, 6.45) is -1.52. The highest BCUT2D eigenvalue weighted by Crippen LogP contribution is 2.44. The van der Waals surface area contributed by atoms with E-state index in [1.54, 1.807) is 30.3 Å². The molecule has 10 nitrogen and oxygen atoms in total. The second-order valence-electron chi connectivity index (χ2n) is 9.67. The molecule has 214 valence electrons. The number of benzene rings is 4. The first kappa shape index (κ1) is 26.9. The van der Waals surface area contributed by atoms with Gasteiger partial charge in [-0.25, -0.2) is 0 Å². The predicted octanol–water partition coefficient (Wildman–Crippen LogP) is 5.04. The normalized spacial score (nSPS) is 15.9. The Hall–Kier alpha value is -5.35. The number of phenolic OH excluding ortho intramolecular Hbond substituents is 3. The first-order chi connectivity index (χ1) is 20.4. The summed E-state index contributed by atoms with van der Waals surface area (Å²) in [7, 11) is 1.43. The van der Waals surface area contributed by atoms with Gasteiger partial charge in [0.1, 0.15) is 29.1 Å². The Balaban J connectivity index is 1.45. The lowest BCUT2D eigenvalue weighted by atomic mass is 10.0. The Labute approximate surface area is 239 Å². The molecule has 0 bridgehead atoms. The third-order valence-corrected chi connectivity index (χ3v) is 6.93. The monoisotopic (exact) mass is 570 g/mol. The van der Waals surface area contributed by atoms with Crippen LogP contribution in [0, 0.1) is 0 Å². The number of fused-ring (bicyclic) bond motifs is 2. The SMILES string of the molecule is COc1cc(C2Oc3cc(-c4oc5cc(O)cc(O)c5c(=O)c4OCc4ccccc4)ccc3OC2CO)ccc1O. The summed E-state index contributed by atoms with van der Waals surface area (Å²) >= 11 is 0. The van der Waals surface area contributed by atoms with Crippen LogP contribution in [0.25, 0.3) is 22.3 Å². The minimum Gasteiger partial charge on any atom is -0.508 e. The lowest BCUT2D eigenvalue weighted by Gasteiger charge is -2.33. The molecule has 10 heteroatoms. The van der Waals surface area contributed by atoms with Crippen molar-refractivity contribution in [2.45, 2.75) is 18.8 Å². The highest BCUT2D eigenvalue weighted by atomic mass is 16.6. The zero-order chi connectivity index (χ0) is 29.4. The largest absolute Gasteiger partial charge is 0.508 e. The van der Waals surface area contributed by atoms with Crippen molar-refractivity contribution in [2.24, 2.45) is 0 Å². The number of aliphatic hydroxyl groups excluding tert-OH is 1. The molecule has 0 saturated heterocycles. The van der Waals surface area contributed by atoms with Gasteiger partial charge >= 0.3 is 0 Å². The van der Waals surface area contributed by atoms with E-state index in [0.717, 1.165) is 11.6 Å².